The van der Waals surface area contributed by atoms with E-state index in [-0.39, 0.29) is 17.8 Å². The maximum atomic E-state index is 12.2. The molecular weight excluding hydrogens is 263 g/mol. The minimum Gasteiger partial charge on any atom is -0.347 e. The number of fused-ring (bicyclic) bond motifs is 1. The molecule has 1 aliphatic rings. The number of alkyl halides is 3. The summed E-state index contributed by atoms with van der Waals surface area (Å²) in [5.74, 6) is -0.190. The molecule has 0 amide bonds. The summed E-state index contributed by atoms with van der Waals surface area (Å²) in [5.41, 5.74) is 1.82. The molecule has 3 rings (SSSR count). The summed E-state index contributed by atoms with van der Waals surface area (Å²) >= 11 is 0. The molecule has 0 fully saturated rings. The maximum absolute atomic E-state index is 12.2. The molecule has 1 unspecified atom stereocenters. The van der Waals surface area contributed by atoms with E-state index >= 15 is 0 Å². The number of nitrogens with zero attached hydrogens (tertiary/aromatic N) is 3. The molecule has 3 heterocycles. The van der Waals surface area contributed by atoms with Crippen molar-refractivity contribution in [2.75, 3.05) is 0 Å². The van der Waals surface area contributed by atoms with E-state index in [2.05, 4.69) is 25.4 Å². The third-order valence-corrected chi connectivity index (χ3v) is 2.87. The van der Waals surface area contributed by atoms with Gasteiger partial charge in [-0.1, -0.05) is 5.16 Å². The van der Waals surface area contributed by atoms with Crippen molar-refractivity contribution in [1.82, 2.24) is 25.4 Å². The van der Waals surface area contributed by atoms with Gasteiger partial charge in [0.05, 0.1) is 23.8 Å². The van der Waals surface area contributed by atoms with Gasteiger partial charge in [0.15, 0.2) is 5.82 Å². The normalized spacial score (nSPS) is 19.4. The largest absolute Gasteiger partial charge is 0.396 e. The summed E-state index contributed by atoms with van der Waals surface area (Å²) in [6, 6.07) is -0.301. The highest BCUT2D eigenvalue weighted by Gasteiger charge is 2.32. The fraction of sp³-hybridized carbons (Fsp3) is 0.500. The van der Waals surface area contributed by atoms with Crippen LogP contribution in [0, 0.1) is 0 Å². The monoisotopic (exact) mass is 273 g/mol. The second-order valence-electron chi connectivity index (χ2n) is 4.31. The Labute approximate surface area is 105 Å². The average Bonchev–Trinajstić information content (AvgIpc) is 2.93. The highest BCUT2D eigenvalue weighted by molar-refractivity contribution is 5.17. The van der Waals surface area contributed by atoms with Crippen LogP contribution in [0.4, 0.5) is 13.2 Å². The SMILES string of the molecule is FC(F)(F)Cc1noc(C2Cc3nc[nH]c3CN2)n1. The Kier molecular flexibility index (Phi) is 2.77. The zero-order chi connectivity index (χ0) is 13.5. The van der Waals surface area contributed by atoms with Crippen LogP contribution < -0.4 is 5.32 Å². The Balaban J connectivity index is 1.74. The molecule has 19 heavy (non-hydrogen) atoms. The van der Waals surface area contributed by atoms with Gasteiger partial charge in [-0.15, -0.1) is 0 Å². The minimum atomic E-state index is -4.34. The summed E-state index contributed by atoms with van der Waals surface area (Å²) in [5, 5.41) is 6.45. The second-order valence-corrected chi connectivity index (χ2v) is 4.31. The van der Waals surface area contributed by atoms with Crippen molar-refractivity contribution < 1.29 is 17.7 Å². The number of H-pyrrole nitrogens is 1. The molecule has 1 atom stereocenters. The van der Waals surface area contributed by atoms with Gasteiger partial charge in [0, 0.05) is 13.0 Å². The van der Waals surface area contributed by atoms with Gasteiger partial charge < -0.3 is 9.51 Å². The molecule has 2 N–H and O–H groups in total. The topological polar surface area (TPSA) is 79.6 Å². The van der Waals surface area contributed by atoms with Crippen molar-refractivity contribution in [3.8, 4) is 0 Å². The molecule has 0 radical (unpaired) electrons. The number of nitrogens with one attached hydrogen (secondary N) is 2. The predicted octanol–water partition coefficient (Wildman–Crippen LogP) is 1.28. The second kappa shape index (κ2) is 4.34. The molecule has 0 aliphatic carbocycles. The molecule has 0 aromatic carbocycles. The molecule has 0 spiro atoms. The van der Waals surface area contributed by atoms with Crippen LogP contribution in [0.2, 0.25) is 0 Å². The summed E-state index contributed by atoms with van der Waals surface area (Å²) < 4.78 is 41.5. The van der Waals surface area contributed by atoms with Crippen molar-refractivity contribution in [1.29, 1.82) is 0 Å². The van der Waals surface area contributed by atoms with E-state index in [9.17, 15) is 13.2 Å². The van der Waals surface area contributed by atoms with Gasteiger partial charge in [-0.05, 0) is 0 Å². The van der Waals surface area contributed by atoms with Crippen molar-refractivity contribution in [3.05, 3.63) is 29.4 Å². The molecule has 0 bridgehead atoms. The molecule has 1 aliphatic heterocycles. The number of imidazole rings is 1. The molecular formula is C10H10F3N5O. The lowest BCUT2D eigenvalue weighted by atomic mass is 10.1. The van der Waals surface area contributed by atoms with E-state index in [4.69, 9.17) is 4.52 Å². The Hall–Kier alpha value is -1.90. The number of aromatic nitrogens is 4. The Morgan fingerprint density at radius 3 is 3.05 bits per heavy atom. The first-order valence-electron chi connectivity index (χ1n) is 5.65. The zero-order valence-corrected chi connectivity index (χ0v) is 9.66. The van der Waals surface area contributed by atoms with Crippen molar-refractivity contribution in [2.24, 2.45) is 0 Å². The number of rotatable bonds is 2. The van der Waals surface area contributed by atoms with Gasteiger partial charge in [0.2, 0.25) is 5.89 Å². The van der Waals surface area contributed by atoms with E-state index < -0.39 is 12.6 Å². The zero-order valence-electron chi connectivity index (χ0n) is 9.66. The molecule has 6 nitrogen and oxygen atoms in total. The standard InChI is InChI=1S/C10H10F3N5O/c11-10(12,13)2-8-17-9(19-18-8)6-1-5-7(3-14-6)16-4-15-5/h4,6,14H,1-3H2,(H,15,16). The van der Waals surface area contributed by atoms with E-state index in [1.807, 2.05) is 0 Å². The van der Waals surface area contributed by atoms with Crippen LogP contribution in [0.25, 0.3) is 0 Å². The van der Waals surface area contributed by atoms with Crippen LogP contribution >= 0.6 is 0 Å². The Morgan fingerprint density at radius 2 is 2.26 bits per heavy atom. The van der Waals surface area contributed by atoms with Crippen LogP contribution in [-0.4, -0.2) is 26.3 Å². The summed E-state index contributed by atoms with van der Waals surface area (Å²) in [6.45, 7) is 0.539. The van der Waals surface area contributed by atoms with Crippen LogP contribution in [0.15, 0.2) is 10.9 Å². The van der Waals surface area contributed by atoms with Crippen LogP contribution in [0.1, 0.15) is 29.1 Å². The van der Waals surface area contributed by atoms with Gasteiger partial charge in [-0.3, -0.25) is 5.32 Å². The number of halogens is 3. The highest BCUT2D eigenvalue weighted by atomic mass is 19.4. The first-order valence-corrected chi connectivity index (χ1v) is 5.65. The lowest BCUT2D eigenvalue weighted by molar-refractivity contribution is -0.128. The first kappa shape index (κ1) is 12.2. The van der Waals surface area contributed by atoms with Gasteiger partial charge in [0.25, 0.3) is 0 Å². The summed E-state index contributed by atoms with van der Waals surface area (Å²) in [4.78, 5) is 10.9. The maximum Gasteiger partial charge on any atom is 0.396 e. The molecule has 102 valence electrons. The lowest BCUT2D eigenvalue weighted by Gasteiger charge is -2.19. The fourth-order valence-corrected chi connectivity index (χ4v) is 2.00. The molecule has 9 heteroatoms. The Morgan fingerprint density at radius 1 is 1.42 bits per heavy atom. The highest BCUT2D eigenvalue weighted by Crippen LogP contribution is 2.24. The third kappa shape index (κ3) is 2.60. The summed E-state index contributed by atoms with van der Waals surface area (Å²) in [6.07, 6.45) is -3.43. The van der Waals surface area contributed by atoms with Gasteiger partial charge >= 0.3 is 6.18 Å². The quantitative estimate of drug-likeness (QED) is 0.861. The fourth-order valence-electron chi connectivity index (χ4n) is 2.00. The predicted molar refractivity (Wildman–Crippen MR) is 55.9 cm³/mol. The molecule has 2 aromatic heterocycles. The Bertz CT molecular complexity index is 576. The summed E-state index contributed by atoms with van der Waals surface area (Å²) in [7, 11) is 0. The lowest BCUT2D eigenvalue weighted by Crippen LogP contribution is -2.28. The van der Waals surface area contributed by atoms with Gasteiger partial charge in [-0.25, -0.2) is 4.98 Å². The molecule has 0 saturated carbocycles. The van der Waals surface area contributed by atoms with Crippen LogP contribution in [-0.2, 0) is 19.4 Å². The first-order chi connectivity index (χ1) is 9.01. The van der Waals surface area contributed by atoms with E-state index in [1.165, 1.54) is 0 Å². The minimum absolute atomic E-state index is 0.160. The van der Waals surface area contributed by atoms with Crippen molar-refractivity contribution in [3.63, 3.8) is 0 Å². The van der Waals surface area contributed by atoms with Crippen LogP contribution in [0.3, 0.4) is 0 Å². The number of hydrogen-bond donors (Lipinski definition) is 2. The van der Waals surface area contributed by atoms with Crippen molar-refractivity contribution >= 4 is 0 Å². The number of aromatic amines is 1. The number of hydrogen-bond acceptors (Lipinski definition) is 5. The van der Waals surface area contributed by atoms with Gasteiger partial charge in [-0.2, -0.15) is 18.2 Å². The van der Waals surface area contributed by atoms with E-state index in [0.29, 0.717) is 13.0 Å². The smallest absolute Gasteiger partial charge is 0.347 e. The molecule has 2 aromatic rings. The van der Waals surface area contributed by atoms with Crippen molar-refractivity contribution in [2.45, 2.75) is 31.6 Å². The third-order valence-electron chi connectivity index (χ3n) is 2.87. The van der Waals surface area contributed by atoms with Crippen LogP contribution in [0.5, 0.6) is 0 Å². The van der Waals surface area contributed by atoms with E-state index in [0.717, 1.165) is 11.4 Å². The molecule has 0 saturated heterocycles. The average molecular weight is 273 g/mol. The van der Waals surface area contributed by atoms with Gasteiger partial charge in [0.1, 0.15) is 6.42 Å². The van der Waals surface area contributed by atoms with E-state index in [1.54, 1.807) is 6.33 Å².